The lowest BCUT2D eigenvalue weighted by atomic mass is 10.2. The Morgan fingerprint density at radius 3 is 2.68 bits per heavy atom. The van der Waals surface area contributed by atoms with Crippen LogP contribution in [0.3, 0.4) is 0 Å². The van der Waals surface area contributed by atoms with Gasteiger partial charge in [-0.05, 0) is 37.5 Å². The molecule has 0 radical (unpaired) electrons. The number of hydrogen-bond donors (Lipinski definition) is 1. The van der Waals surface area contributed by atoms with Crippen molar-refractivity contribution in [1.29, 1.82) is 0 Å². The number of hydrogen-bond acceptors (Lipinski definition) is 4. The maximum Gasteiger partial charge on any atom is 0.304 e. The minimum Gasteiger partial charge on any atom is -0.481 e. The number of anilines is 1. The summed E-state index contributed by atoms with van der Waals surface area (Å²) in [5.41, 5.74) is 1.84. The molecule has 6 nitrogen and oxygen atoms in total. The Hall–Kier alpha value is -1.60. The van der Waals surface area contributed by atoms with Crippen molar-refractivity contribution in [1.82, 2.24) is 4.31 Å². The van der Waals surface area contributed by atoms with Crippen molar-refractivity contribution in [3.63, 3.8) is 0 Å². The van der Waals surface area contributed by atoms with Gasteiger partial charge in [0.1, 0.15) is 0 Å². The summed E-state index contributed by atoms with van der Waals surface area (Å²) in [6, 6.07) is 4.57. The van der Waals surface area contributed by atoms with Crippen LogP contribution in [0.5, 0.6) is 0 Å². The van der Waals surface area contributed by atoms with E-state index in [-0.39, 0.29) is 11.3 Å². The molecule has 122 valence electrons. The van der Waals surface area contributed by atoms with Crippen molar-refractivity contribution >= 4 is 21.7 Å². The number of aryl methyl sites for hydroxylation is 1. The summed E-state index contributed by atoms with van der Waals surface area (Å²) >= 11 is 0. The predicted octanol–water partition coefficient (Wildman–Crippen LogP) is 1.69. The number of nitrogens with zero attached hydrogens (tertiary/aromatic N) is 2. The second-order valence-electron chi connectivity index (χ2n) is 5.85. The molecule has 22 heavy (non-hydrogen) atoms. The minimum atomic E-state index is -3.66. The third kappa shape index (κ3) is 3.25. The lowest BCUT2D eigenvalue weighted by Crippen LogP contribution is -2.36. The predicted molar refractivity (Wildman–Crippen MR) is 84.7 cm³/mol. The highest BCUT2D eigenvalue weighted by molar-refractivity contribution is 7.89. The summed E-state index contributed by atoms with van der Waals surface area (Å²) in [6.07, 6.45) is 1.15. The number of aliphatic carboxylic acids is 1. The van der Waals surface area contributed by atoms with E-state index in [1.54, 1.807) is 18.2 Å². The topological polar surface area (TPSA) is 77.9 Å². The first-order valence-electron chi connectivity index (χ1n) is 7.25. The number of benzene rings is 1. The zero-order chi connectivity index (χ0) is 16.5. The Kier molecular flexibility index (Phi) is 4.77. The van der Waals surface area contributed by atoms with E-state index in [4.69, 9.17) is 5.11 Å². The molecule has 0 aromatic heterocycles. The van der Waals surface area contributed by atoms with Gasteiger partial charge in [0.05, 0.1) is 11.3 Å². The molecule has 0 bridgehead atoms. The lowest BCUT2D eigenvalue weighted by molar-refractivity contribution is -0.137. The van der Waals surface area contributed by atoms with E-state index >= 15 is 0 Å². The second kappa shape index (κ2) is 6.26. The summed E-state index contributed by atoms with van der Waals surface area (Å²) in [4.78, 5) is 13.0. The van der Waals surface area contributed by atoms with Gasteiger partial charge in [-0.15, -0.1) is 0 Å². The maximum atomic E-state index is 12.8. The second-order valence-corrected chi connectivity index (χ2v) is 7.74. The van der Waals surface area contributed by atoms with Crippen molar-refractivity contribution in [2.75, 3.05) is 25.5 Å². The van der Waals surface area contributed by atoms with Crippen LogP contribution in [0, 0.1) is 6.92 Å². The van der Waals surface area contributed by atoms with Gasteiger partial charge in [-0.25, -0.2) is 8.42 Å². The van der Waals surface area contributed by atoms with Crippen LogP contribution in [0.15, 0.2) is 23.1 Å². The molecule has 1 atom stereocenters. The Morgan fingerprint density at radius 1 is 1.41 bits per heavy atom. The number of carbonyl (C=O) groups is 1. The fourth-order valence-electron chi connectivity index (χ4n) is 2.90. The fourth-order valence-corrected chi connectivity index (χ4v) is 4.61. The van der Waals surface area contributed by atoms with Crippen LogP contribution in [0.2, 0.25) is 0 Å². The molecule has 1 aliphatic rings. The lowest BCUT2D eigenvalue weighted by Gasteiger charge is -2.24. The number of carboxylic acids is 1. The van der Waals surface area contributed by atoms with Crippen molar-refractivity contribution in [3.05, 3.63) is 23.8 Å². The van der Waals surface area contributed by atoms with E-state index in [0.29, 0.717) is 19.4 Å². The molecule has 0 aliphatic carbocycles. The van der Waals surface area contributed by atoms with Crippen LogP contribution < -0.4 is 4.90 Å². The van der Waals surface area contributed by atoms with E-state index in [2.05, 4.69) is 0 Å². The van der Waals surface area contributed by atoms with E-state index in [9.17, 15) is 13.2 Å². The van der Waals surface area contributed by atoms with Gasteiger partial charge in [-0.2, -0.15) is 4.31 Å². The quantitative estimate of drug-likeness (QED) is 0.891. The highest BCUT2D eigenvalue weighted by Crippen LogP contribution is 2.30. The van der Waals surface area contributed by atoms with Crippen molar-refractivity contribution in [2.45, 2.75) is 37.1 Å². The zero-order valence-corrected chi connectivity index (χ0v) is 13.9. The average molecular weight is 326 g/mol. The highest BCUT2D eigenvalue weighted by atomic mass is 32.2. The number of rotatable bonds is 5. The van der Waals surface area contributed by atoms with Crippen molar-refractivity contribution in [2.24, 2.45) is 0 Å². The average Bonchev–Trinajstić information content (AvgIpc) is 2.86. The molecule has 1 saturated heterocycles. The molecule has 0 saturated carbocycles. The monoisotopic (exact) mass is 326 g/mol. The molecule has 1 N–H and O–H groups in total. The van der Waals surface area contributed by atoms with Crippen LogP contribution in [0.1, 0.15) is 24.8 Å². The largest absolute Gasteiger partial charge is 0.481 e. The van der Waals surface area contributed by atoms with E-state index < -0.39 is 22.0 Å². The van der Waals surface area contributed by atoms with Crippen LogP contribution in [-0.4, -0.2) is 50.5 Å². The van der Waals surface area contributed by atoms with E-state index in [1.807, 2.05) is 25.9 Å². The summed E-state index contributed by atoms with van der Waals surface area (Å²) in [5, 5.41) is 8.95. The molecule has 1 aromatic carbocycles. The molecular weight excluding hydrogens is 304 g/mol. The van der Waals surface area contributed by atoms with Crippen LogP contribution >= 0.6 is 0 Å². The van der Waals surface area contributed by atoms with Gasteiger partial charge in [0, 0.05) is 32.4 Å². The molecule has 1 aliphatic heterocycles. The zero-order valence-electron chi connectivity index (χ0n) is 13.1. The standard InChI is InChI=1S/C15H22N2O4S/c1-11-6-7-13(10-14(11)16(2)3)22(20,21)17-8-4-5-12(17)9-15(18)19/h6-7,10,12H,4-5,8-9H2,1-3H3,(H,18,19)/t12-/m1/s1. The first-order valence-corrected chi connectivity index (χ1v) is 8.69. The normalized spacial score (nSPS) is 19.3. The van der Waals surface area contributed by atoms with Gasteiger partial charge >= 0.3 is 5.97 Å². The third-order valence-electron chi connectivity index (χ3n) is 4.00. The van der Waals surface area contributed by atoms with Gasteiger partial charge < -0.3 is 10.0 Å². The third-order valence-corrected chi connectivity index (χ3v) is 5.95. The molecule has 2 rings (SSSR count). The van der Waals surface area contributed by atoms with Crippen molar-refractivity contribution < 1.29 is 18.3 Å². The number of carboxylic acid groups (broad SMARTS) is 1. The van der Waals surface area contributed by atoms with Crippen molar-refractivity contribution in [3.8, 4) is 0 Å². The molecule has 0 unspecified atom stereocenters. The molecule has 1 heterocycles. The maximum absolute atomic E-state index is 12.8. The van der Waals surface area contributed by atoms with Gasteiger partial charge in [0.25, 0.3) is 0 Å². The van der Waals surface area contributed by atoms with E-state index in [1.165, 1.54) is 4.31 Å². The van der Waals surface area contributed by atoms with Crippen LogP contribution in [0.25, 0.3) is 0 Å². The van der Waals surface area contributed by atoms with Gasteiger partial charge in [0.15, 0.2) is 0 Å². The molecule has 0 amide bonds. The Balaban J connectivity index is 2.38. The van der Waals surface area contributed by atoms with Crippen LogP contribution in [-0.2, 0) is 14.8 Å². The molecule has 0 spiro atoms. The summed E-state index contributed by atoms with van der Waals surface area (Å²) in [6.45, 7) is 2.31. The molecular formula is C15H22N2O4S. The first kappa shape index (κ1) is 16.8. The van der Waals surface area contributed by atoms with Crippen LogP contribution in [0.4, 0.5) is 5.69 Å². The highest BCUT2D eigenvalue weighted by Gasteiger charge is 2.36. The van der Waals surface area contributed by atoms with Gasteiger partial charge in [0.2, 0.25) is 10.0 Å². The summed E-state index contributed by atoms with van der Waals surface area (Å²) in [5.74, 6) is -0.968. The fraction of sp³-hybridized carbons (Fsp3) is 0.533. The van der Waals surface area contributed by atoms with Gasteiger partial charge in [-0.3, -0.25) is 4.79 Å². The Labute approximate surface area is 131 Å². The van der Waals surface area contributed by atoms with E-state index in [0.717, 1.165) is 11.3 Å². The SMILES string of the molecule is Cc1ccc(S(=O)(=O)N2CCC[C@@H]2CC(=O)O)cc1N(C)C. The molecule has 1 fully saturated rings. The Bertz CT molecular complexity index is 670. The first-order chi connectivity index (χ1) is 10.2. The van der Waals surface area contributed by atoms with Gasteiger partial charge in [-0.1, -0.05) is 6.07 Å². The smallest absolute Gasteiger partial charge is 0.304 e. The molecule has 1 aromatic rings. The minimum absolute atomic E-state index is 0.147. The summed E-state index contributed by atoms with van der Waals surface area (Å²) in [7, 11) is 0.0629. The summed E-state index contributed by atoms with van der Waals surface area (Å²) < 4.78 is 27.0. The number of sulfonamides is 1. The Morgan fingerprint density at radius 2 is 2.09 bits per heavy atom. The molecule has 7 heteroatoms.